The summed E-state index contributed by atoms with van der Waals surface area (Å²) in [6, 6.07) is 5.54. The molecule has 2 aromatic rings. The van der Waals surface area contributed by atoms with Crippen LogP contribution in [-0.2, 0) is 9.59 Å². The SMILES string of the molecule is O=C(O)[C@H]1CCCC[C@H]1C(=O)Nc1ccc2ncsc2c1. The van der Waals surface area contributed by atoms with Gasteiger partial charge < -0.3 is 10.4 Å². The van der Waals surface area contributed by atoms with Crippen molar-refractivity contribution in [2.45, 2.75) is 25.7 Å². The molecule has 0 unspecified atom stereocenters. The second kappa shape index (κ2) is 5.81. The van der Waals surface area contributed by atoms with Crippen molar-refractivity contribution in [3.63, 3.8) is 0 Å². The van der Waals surface area contributed by atoms with Gasteiger partial charge in [-0.1, -0.05) is 12.8 Å². The molecule has 1 aliphatic rings. The fraction of sp³-hybridized carbons (Fsp3) is 0.400. The first kappa shape index (κ1) is 14.0. The predicted molar refractivity (Wildman–Crippen MR) is 81.3 cm³/mol. The number of hydrogen-bond donors (Lipinski definition) is 2. The predicted octanol–water partition coefficient (Wildman–Crippen LogP) is 3.13. The molecule has 2 atom stereocenters. The first-order valence-corrected chi connectivity index (χ1v) is 7.90. The van der Waals surface area contributed by atoms with Crippen molar-refractivity contribution in [3.05, 3.63) is 23.7 Å². The van der Waals surface area contributed by atoms with E-state index in [4.69, 9.17) is 0 Å². The van der Waals surface area contributed by atoms with Gasteiger partial charge >= 0.3 is 5.97 Å². The summed E-state index contributed by atoms with van der Waals surface area (Å²) in [5.41, 5.74) is 3.36. The number of benzene rings is 1. The molecule has 110 valence electrons. The molecule has 3 rings (SSSR count). The van der Waals surface area contributed by atoms with Crippen molar-refractivity contribution in [3.8, 4) is 0 Å². The number of rotatable bonds is 3. The van der Waals surface area contributed by atoms with Gasteiger partial charge in [0.1, 0.15) is 0 Å². The Hall–Kier alpha value is -1.95. The van der Waals surface area contributed by atoms with Gasteiger partial charge in [-0.3, -0.25) is 9.59 Å². The van der Waals surface area contributed by atoms with E-state index >= 15 is 0 Å². The minimum atomic E-state index is -0.868. The van der Waals surface area contributed by atoms with Crippen LogP contribution in [0, 0.1) is 11.8 Å². The molecule has 1 aromatic heterocycles. The van der Waals surface area contributed by atoms with E-state index in [1.54, 1.807) is 11.6 Å². The van der Waals surface area contributed by atoms with Crippen molar-refractivity contribution in [2.24, 2.45) is 11.8 Å². The maximum Gasteiger partial charge on any atom is 0.307 e. The minimum Gasteiger partial charge on any atom is -0.481 e. The molecule has 5 nitrogen and oxygen atoms in total. The smallest absolute Gasteiger partial charge is 0.307 e. The summed E-state index contributed by atoms with van der Waals surface area (Å²) in [4.78, 5) is 27.8. The normalized spacial score (nSPS) is 22.1. The fourth-order valence-electron chi connectivity index (χ4n) is 2.91. The van der Waals surface area contributed by atoms with E-state index in [1.807, 2.05) is 12.1 Å². The van der Waals surface area contributed by atoms with Crippen LogP contribution in [0.5, 0.6) is 0 Å². The lowest BCUT2D eigenvalue weighted by Gasteiger charge is -2.27. The third-order valence-corrected chi connectivity index (χ3v) is 4.81. The molecule has 21 heavy (non-hydrogen) atoms. The topological polar surface area (TPSA) is 79.3 Å². The van der Waals surface area contributed by atoms with E-state index in [-0.39, 0.29) is 5.91 Å². The molecule has 0 radical (unpaired) electrons. The Kier molecular flexibility index (Phi) is 3.88. The van der Waals surface area contributed by atoms with Crippen LogP contribution < -0.4 is 5.32 Å². The van der Waals surface area contributed by atoms with Crippen LogP contribution in [0.3, 0.4) is 0 Å². The number of fused-ring (bicyclic) bond motifs is 1. The zero-order valence-electron chi connectivity index (χ0n) is 11.4. The molecule has 0 bridgehead atoms. The summed E-state index contributed by atoms with van der Waals surface area (Å²) < 4.78 is 1.01. The first-order valence-electron chi connectivity index (χ1n) is 7.02. The lowest BCUT2D eigenvalue weighted by atomic mass is 9.78. The highest BCUT2D eigenvalue weighted by atomic mass is 32.1. The molecule has 6 heteroatoms. The molecule has 0 aliphatic heterocycles. The highest BCUT2D eigenvalue weighted by Crippen LogP contribution is 2.31. The zero-order chi connectivity index (χ0) is 14.8. The van der Waals surface area contributed by atoms with Gasteiger partial charge in [0.15, 0.2) is 0 Å². The number of nitrogens with one attached hydrogen (secondary N) is 1. The number of nitrogens with zero attached hydrogens (tertiary/aromatic N) is 1. The van der Waals surface area contributed by atoms with Gasteiger partial charge in [-0.05, 0) is 31.0 Å². The molecule has 0 saturated heterocycles. The Morgan fingerprint density at radius 2 is 2.00 bits per heavy atom. The van der Waals surface area contributed by atoms with Crippen LogP contribution in [0.2, 0.25) is 0 Å². The Morgan fingerprint density at radius 1 is 1.24 bits per heavy atom. The summed E-state index contributed by atoms with van der Waals surface area (Å²) in [5, 5.41) is 12.1. The molecule has 1 heterocycles. The number of carboxylic acids is 1. The van der Waals surface area contributed by atoms with Gasteiger partial charge in [-0.15, -0.1) is 11.3 Å². The summed E-state index contributed by atoms with van der Waals surface area (Å²) >= 11 is 1.51. The summed E-state index contributed by atoms with van der Waals surface area (Å²) in [7, 11) is 0. The Morgan fingerprint density at radius 3 is 2.76 bits per heavy atom. The molecular formula is C15H16N2O3S. The highest BCUT2D eigenvalue weighted by Gasteiger charge is 2.35. The molecule has 1 aliphatic carbocycles. The first-order chi connectivity index (χ1) is 10.1. The van der Waals surface area contributed by atoms with E-state index in [0.29, 0.717) is 18.5 Å². The third kappa shape index (κ3) is 2.90. The average molecular weight is 304 g/mol. The fourth-order valence-corrected chi connectivity index (χ4v) is 3.62. The van der Waals surface area contributed by atoms with Crippen LogP contribution in [-0.4, -0.2) is 22.0 Å². The number of aromatic nitrogens is 1. The van der Waals surface area contributed by atoms with Crippen LogP contribution >= 0.6 is 11.3 Å². The summed E-state index contributed by atoms with van der Waals surface area (Å²) in [5.74, 6) is -2.06. The van der Waals surface area contributed by atoms with Gasteiger partial charge in [-0.2, -0.15) is 0 Å². The Labute approximate surface area is 126 Å². The number of hydrogen-bond acceptors (Lipinski definition) is 4. The van der Waals surface area contributed by atoms with Crippen LogP contribution in [0.15, 0.2) is 23.7 Å². The largest absolute Gasteiger partial charge is 0.481 e. The van der Waals surface area contributed by atoms with Crippen molar-refractivity contribution >= 4 is 39.1 Å². The number of amides is 1. The maximum atomic E-state index is 12.4. The van der Waals surface area contributed by atoms with E-state index in [1.165, 1.54) is 11.3 Å². The van der Waals surface area contributed by atoms with Crippen LogP contribution in [0.1, 0.15) is 25.7 Å². The average Bonchev–Trinajstić information content (AvgIpc) is 2.94. The second-order valence-corrected chi connectivity index (χ2v) is 6.25. The molecule has 1 fully saturated rings. The molecule has 2 N–H and O–H groups in total. The van der Waals surface area contributed by atoms with Crippen LogP contribution in [0.4, 0.5) is 5.69 Å². The standard InChI is InChI=1S/C15H16N2O3S/c18-14(10-3-1-2-4-11(10)15(19)20)17-9-5-6-12-13(7-9)21-8-16-12/h5-8,10-11H,1-4H2,(H,17,18)(H,19,20)/t10-,11+/m1/s1. The molecule has 1 aromatic carbocycles. The number of carbonyl (C=O) groups is 2. The lowest BCUT2D eigenvalue weighted by Crippen LogP contribution is -2.36. The Bertz CT molecular complexity index is 682. The molecular weight excluding hydrogens is 288 g/mol. The van der Waals surface area contributed by atoms with Gasteiger partial charge in [0.25, 0.3) is 0 Å². The minimum absolute atomic E-state index is 0.189. The molecule has 1 amide bonds. The highest BCUT2D eigenvalue weighted by molar-refractivity contribution is 7.16. The maximum absolute atomic E-state index is 12.4. The number of thiazole rings is 1. The monoisotopic (exact) mass is 304 g/mol. The van der Waals surface area contributed by atoms with Crippen LogP contribution in [0.25, 0.3) is 10.2 Å². The van der Waals surface area contributed by atoms with Crippen molar-refractivity contribution < 1.29 is 14.7 Å². The van der Waals surface area contributed by atoms with Gasteiger partial charge in [0, 0.05) is 5.69 Å². The number of anilines is 1. The van der Waals surface area contributed by atoms with E-state index in [9.17, 15) is 14.7 Å². The van der Waals surface area contributed by atoms with Gasteiger partial charge in [0.05, 0.1) is 27.6 Å². The van der Waals surface area contributed by atoms with Crippen molar-refractivity contribution in [1.29, 1.82) is 0 Å². The summed E-state index contributed by atoms with van der Waals surface area (Å²) in [6.07, 6.45) is 3.02. The lowest BCUT2D eigenvalue weighted by molar-refractivity contribution is -0.147. The van der Waals surface area contributed by atoms with Gasteiger partial charge in [-0.25, -0.2) is 4.98 Å². The number of carboxylic acid groups (broad SMARTS) is 1. The molecule has 1 saturated carbocycles. The summed E-state index contributed by atoms with van der Waals surface area (Å²) in [6.45, 7) is 0. The van der Waals surface area contributed by atoms with E-state index in [0.717, 1.165) is 23.1 Å². The Balaban J connectivity index is 1.76. The zero-order valence-corrected chi connectivity index (χ0v) is 12.2. The van der Waals surface area contributed by atoms with Gasteiger partial charge in [0.2, 0.25) is 5.91 Å². The van der Waals surface area contributed by atoms with E-state index in [2.05, 4.69) is 10.3 Å². The quantitative estimate of drug-likeness (QED) is 0.913. The molecule has 0 spiro atoms. The third-order valence-electron chi connectivity index (χ3n) is 4.02. The van der Waals surface area contributed by atoms with Crippen molar-refractivity contribution in [1.82, 2.24) is 4.98 Å². The number of aliphatic carboxylic acids is 1. The van der Waals surface area contributed by atoms with E-state index < -0.39 is 17.8 Å². The second-order valence-electron chi connectivity index (χ2n) is 5.36. The number of carbonyl (C=O) groups excluding carboxylic acids is 1. The van der Waals surface area contributed by atoms with Crippen molar-refractivity contribution in [2.75, 3.05) is 5.32 Å².